The van der Waals surface area contributed by atoms with Gasteiger partial charge in [-0.2, -0.15) is 0 Å². The third-order valence-corrected chi connectivity index (χ3v) is 5.06. The molecule has 2 aromatic rings. The fourth-order valence-corrected chi connectivity index (χ4v) is 3.46. The van der Waals surface area contributed by atoms with Crippen LogP contribution in [0.3, 0.4) is 0 Å². The van der Waals surface area contributed by atoms with Crippen LogP contribution in [0.5, 0.6) is 0 Å². The van der Waals surface area contributed by atoms with E-state index in [0.717, 1.165) is 18.7 Å². The molecule has 2 fully saturated rings. The smallest absolute Gasteiger partial charge is 0.305 e. The summed E-state index contributed by atoms with van der Waals surface area (Å²) < 4.78 is 6.98. The number of ether oxygens (including phenoxy) is 1. The Balaban J connectivity index is 1.67. The highest BCUT2D eigenvalue weighted by atomic mass is 35.5. The van der Waals surface area contributed by atoms with Gasteiger partial charge in [-0.1, -0.05) is 23.7 Å². The van der Waals surface area contributed by atoms with Gasteiger partial charge in [-0.15, -0.1) is 5.10 Å². The summed E-state index contributed by atoms with van der Waals surface area (Å²) in [6.45, 7) is 0.873. The molecule has 1 saturated carbocycles. The van der Waals surface area contributed by atoms with Crippen LogP contribution in [0.4, 0.5) is 0 Å². The SMILES string of the molecule is O=C(O)CC1COCCN1C(=O)c1nc(C2CC2)n(-c2ccccc2Cl)n1. The summed E-state index contributed by atoms with van der Waals surface area (Å²) in [7, 11) is 0. The number of carboxylic acids is 1. The summed E-state index contributed by atoms with van der Waals surface area (Å²) in [6.07, 6.45) is 1.82. The van der Waals surface area contributed by atoms with Crippen molar-refractivity contribution >= 4 is 23.5 Å². The Labute approximate surface area is 160 Å². The number of para-hydroxylation sites is 1. The second-order valence-electron chi connectivity index (χ2n) is 6.76. The van der Waals surface area contributed by atoms with Crippen LogP contribution in [-0.4, -0.2) is 62.4 Å². The summed E-state index contributed by atoms with van der Waals surface area (Å²) in [6, 6.07) is 6.75. The van der Waals surface area contributed by atoms with E-state index in [1.807, 2.05) is 18.2 Å². The van der Waals surface area contributed by atoms with Crippen LogP contribution >= 0.6 is 11.6 Å². The van der Waals surface area contributed by atoms with E-state index in [0.29, 0.717) is 23.9 Å². The molecule has 0 radical (unpaired) electrons. The fourth-order valence-electron chi connectivity index (χ4n) is 3.24. The van der Waals surface area contributed by atoms with Gasteiger partial charge in [0.15, 0.2) is 0 Å². The molecule has 8 nitrogen and oxygen atoms in total. The molecule has 27 heavy (non-hydrogen) atoms. The lowest BCUT2D eigenvalue weighted by Gasteiger charge is -2.33. The van der Waals surface area contributed by atoms with Gasteiger partial charge < -0.3 is 14.7 Å². The zero-order chi connectivity index (χ0) is 19.0. The van der Waals surface area contributed by atoms with Crippen molar-refractivity contribution in [2.24, 2.45) is 0 Å². The van der Waals surface area contributed by atoms with Crippen molar-refractivity contribution < 1.29 is 19.4 Å². The number of benzene rings is 1. The second kappa shape index (κ2) is 7.28. The molecule has 1 saturated heterocycles. The maximum absolute atomic E-state index is 13.0. The number of amides is 1. The molecule has 1 amide bonds. The molecule has 1 unspecified atom stereocenters. The van der Waals surface area contributed by atoms with Crippen LogP contribution in [0, 0.1) is 0 Å². The predicted molar refractivity (Wildman–Crippen MR) is 96.2 cm³/mol. The normalized spacial score (nSPS) is 19.9. The van der Waals surface area contributed by atoms with E-state index in [2.05, 4.69) is 10.1 Å². The van der Waals surface area contributed by atoms with Gasteiger partial charge in [-0.05, 0) is 25.0 Å². The van der Waals surface area contributed by atoms with Crippen molar-refractivity contribution in [2.45, 2.75) is 31.2 Å². The second-order valence-corrected chi connectivity index (χ2v) is 7.16. The van der Waals surface area contributed by atoms with Gasteiger partial charge in [0.2, 0.25) is 5.82 Å². The quantitative estimate of drug-likeness (QED) is 0.839. The largest absolute Gasteiger partial charge is 0.481 e. The number of hydrogen-bond acceptors (Lipinski definition) is 5. The van der Waals surface area contributed by atoms with E-state index in [4.69, 9.17) is 21.4 Å². The number of morpholine rings is 1. The van der Waals surface area contributed by atoms with Crippen LogP contribution in [0.2, 0.25) is 5.02 Å². The standard InChI is InChI=1S/C18H19ClN4O4/c19-13-3-1-2-4-14(13)23-17(11-5-6-11)20-16(21-23)18(26)22-7-8-27-10-12(22)9-15(24)25/h1-4,11-12H,5-10H2,(H,24,25). The number of hydrogen-bond donors (Lipinski definition) is 1. The van der Waals surface area contributed by atoms with Gasteiger partial charge in [0.1, 0.15) is 5.82 Å². The highest BCUT2D eigenvalue weighted by Gasteiger charge is 2.35. The van der Waals surface area contributed by atoms with Crippen LogP contribution < -0.4 is 0 Å². The number of carbonyl (C=O) groups excluding carboxylic acids is 1. The number of rotatable bonds is 5. The highest BCUT2D eigenvalue weighted by Crippen LogP contribution is 2.40. The third-order valence-electron chi connectivity index (χ3n) is 4.75. The first-order valence-electron chi connectivity index (χ1n) is 8.87. The first-order chi connectivity index (χ1) is 13.0. The maximum atomic E-state index is 13.0. The molecule has 2 heterocycles. The summed E-state index contributed by atoms with van der Waals surface area (Å²) in [5, 5.41) is 14.1. The highest BCUT2D eigenvalue weighted by molar-refractivity contribution is 6.32. The zero-order valence-corrected chi connectivity index (χ0v) is 15.3. The van der Waals surface area contributed by atoms with E-state index in [9.17, 15) is 9.59 Å². The molecule has 4 rings (SSSR count). The Morgan fingerprint density at radius 3 is 2.78 bits per heavy atom. The number of carbonyl (C=O) groups is 2. The van der Waals surface area contributed by atoms with Crippen LogP contribution in [0.25, 0.3) is 5.69 Å². The molecule has 1 aromatic heterocycles. The van der Waals surface area contributed by atoms with Gasteiger partial charge in [-0.3, -0.25) is 9.59 Å². The predicted octanol–water partition coefficient (Wildman–Crippen LogP) is 2.11. The van der Waals surface area contributed by atoms with Crippen LogP contribution in [0.15, 0.2) is 24.3 Å². The van der Waals surface area contributed by atoms with Gasteiger partial charge >= 0.3 is 5.97 Å². The van der Waals surface area contributed by atoms with Gasteiger partial charge in [0.25, 0.3) is 5.91 Å². The summed E-state index contributed by atoms with van der Waals surface area (Å²) >= 11 is 6.31. The maximum Gasteiger partial charge on any atom is 0.305 e. The Kier molecular flexibility index (Phi) is 4.84. The van der Waals surface area contributed by atoms with Gasteiger partial charge in [-0.25, -0.2) is 9.67 Å². The molecule has 2 aliphatic rings. The van der Waals surface area contributed by atoms with Crippen molar-refractivity contribution in [3.05, 3.63) is 40.9 Å². The Morgan fingerprint density at radius 2 is 2.07 bits per heavy atom. The summed E-state index contributed by atoms with van der Waals surface area (Å²) in [5.74, 6) is -0.313. The van der Waals surface area contributed by atoms with Gasteiger partial charge in [0, 0.05) is 12.5 Å². The monoisotopic (exact) mass is 390 g/mol. The average Bonchev–Trinajstić information content (AvgIpc) is 3.40. The van der Waals surface area contributed by atoms with Crippen molar-refractivity contribution in [3.8, 4) is 5.69 Å². The van der Waals surface area contributed by atoms with E-state index in [1.54, 1.807) is 10.7 Å². The van der Waals surface area contributed by atoms with Crippen molar-refractivity contribution in [2.75, 3.05) is 19.8 Å². The first kappa shape index (κ1) is 17.9. The molecule has 0 spiro atoms. The minimum absolute atomic E-state index is 0.0640. The molecular formula is C18H19ClN4O4. The lowest BCUT2D eigenvalue weighted by atomic mass is 10.1. The van der Waals surface area contributed by atoms with E-state index in [-0.39, 0.29) is 30.7 Å². The number of carboxylic acid groups (broad SMARTS) is 1. The van der Waals surface area contributed by atoms with Crippen molar-refractivity contribution in [1.29, 1.82) is 0 Å². The minimum Gasteiger partial charge on any atom is -0.481 e. The van der Waals surface area contributed by atoms with Gasteiger partial charge in [0.05, 0.1) is 36.4 Å². The number of halogens is 1. The van der Waals surface area contributed by atoms with E-state index < -0.39 is 12.0 Å². The molecule has 1 aliphatic heterocycles. The Morgan fingerprint density at radius 1 is 1.30 bits per heavy atom. The molecule has 1 aromatic carbocycles. The molecule has 0 bridgehead atoms. The first-order valence-corrected chi connectivity index (χ1v) is 9.24. The fraction of sp³-hybridized carbons (Fsp3) is 0.444. The van der Waals surface area contributed by atoms with Crippen molar-refractivity contribution in [1.82, 2.24) is 19.7 Å². The molecule has 1 N–H and O–H groups in total. The Hall–Kier alpha value is -2.45. The number of aliphatic carboxylic acids is 1. The number of aromatic nitrogens is 3. The minimum atomic E-state index is -0.975. The molecule has 9 heteroatoms. The molecule has 1 atom stereocenters. The average molecular weight is 391 g/mol. The lowest BCUT2D eigenvalue weighted by molar-refractivity contribution is -0.139. The molecule has 1 aliphatic carbocycles. The Bertz CT molecular complexity index is 880. The lowest BCUT2D eigenvalue weighted by Crippen LogP contribution is -2.49. The summed E-state index contributed by atoms with van der Waals surface area (Å²) in [5.41, 5.74) is 0.677. The van der Waals surface area contributed by atoms with Crippen LogP contribution in [0.1, 0.15) is 41.6 Å². The van der Waals surface area contributed by atoms with E-state index >= 15 is 0 Å². The topological polar surface area (TPSA) is 97.5 Å². The van der Waals surface area contributed by atoms with Crippen LogP contribution in [-0.2, 0) is 9.53 Å². The molecule has 142 valence electrons. The zero-order valence-electron chi connectivity index (χ0n) is 14.5. The third kappa shape index (κ3) is 3.68. The van der Waals surface area contributed by atoms with E-state index in [1.165, 1.54) is 4.90 Å². The number of nitrogens with zero attached hydrogens (tertiary/aromatic N) is 4. The molecular weight excluding hydrogens is 372 g/mol. The van der Waals surface area contributed by atoms with Crippen molar-refractivity contribution in [3.63, 3.8) is 0 Å². The summed E-state index contributed by atoms with van der Waals surface area (Å²) in [4.78, 5) is 30.1.